The van der Waals surface area contributed by atoms with Gasteiger partial charge in [-0.2, -0.15) is 5.10 Å². The zero-order chi connectivity index (χ0) is 10.4. The first kappa shape index (κ1) is 11.2. The maximum Gasteiger partial charge on any atom is 0.0624 e. The molecule has 0 saturated heterocycles. The molecule has 1 heterocycles. The van der Waals surface area contributed by atoms with Crippen LogP contribution in [-0.2, 0) is 13.5 Å². The standard InChI is InChI=1S/C11H21N3/c1-10(2)9-12-7-4-5-11-6-8-14(3)13-11/h6,8,10,12H,4-5,7,9H2,1-3H3. The molecule has 0 atom stereocenters. The van der Waals surface area contributed by atoms with Crippen molar-refractivity contribution < 1.29 is 0 Å². The number of aryl methyl sites for hydroxylation is 2. The van der Waals surface area contributed by atoms with Gasteiger partial charge < -0.3 is 5.32 Å². The summed E-state index contributed by atoms with van der Waals surface area (Å²) in [7, 11) is 1.96. The molecule has 80 valence electrons. The van der Waals surface area contributed by atoms with Crippen molar-refractivity contribution in [3.63, 3.8) is 0 Å². The Bertz CT molecular complexity index is 253. The predicted molar refractivity (Wildman–Crippen MR) is 59.2 cm³/mol. The third kappa shape index (κ3) is 4.42. The van der Waals surface area contributed by atoms with Crippen LogP contribution in [0.2, 0.25) is 0 Å². The van der Waals surface area contributed by atoms with Crippen LogP contribution in [0.15, 0.2) is 12.3 Å². The van der Waals surface area contributed by atoms with Gasteiger partial charge in [-0.05, 0) is 37.9 Å². The summed E-state index contributed by atoms with van der Waals surface area (Å²) in [5.41, 5.74) is 1.19. The Labute approximate surface area is 86.5 Å². The quantitative estimate of drug-likeness (QED) is 0.699. The summed E-state index contributed by atoms with van der Waals surface area (Å²) in [5, 5.41) is 7.76. The summed E-state index contributed by atoms with van der Waals surface area (Å²) in [6.45, 7) is 6.66. The molecular formula is C11H21N3. The van der Waals surface area contributed by atoms with Gasteiger partial charge in [0.05, 0.1) is 5.69 Å². The molecule has 0 fully saturated rings. The molecule has 1 aromatic rings. The van der Waals surface area contributed by atoms with Crippen LogP contribution < -0.4 is 5.32 Å². The van der Waals surface area contributed by atoms with Crippen LogP contribution in [0.25, 0.3) is 0 Å². The minimum absolute atomic E-state index is 0.741. The second-order valence-electron chi connectivity index (χ2n) is 4.18. The number of hydrogen-bond donors (Lipinski definition) is 1. The van der Waals surface area contributed by atoms with Gasteiger partial charge in [-0.1, -0.05) is 13.8 Å². The van der Waals surface area contributed by atoms with E-state index in [0.29, 0.717) is 0 Å². The zero-order valence-electron chi connectivity index (χ0n) is 9.45. The Morgan fingerprint density at radius 2 is 2.29 bits per heavy atom. The maximum absolute atomic E-state index is 4.33. The van der Waals surface area contributed by atoms with E-state index in [4.69, 9.17) is 0 Å². The van der Waals surface area contributed by atoms with Gasteiger partial charge in [0.25, 0.3) is 0 Å². The third-order valence-corrected chi connectivity index (χ3v) is 2.11. The van der Waals surface area contributed by atoms with Gasteiger partial charge in [-0.15, -0.1) is 0 Å². The van der Waals surface area contributed by atoms with E-state index in [-0.39, 0.29) is 0 Å². The van der Waals surface area contributed by atoms with E-state index in [1.807, 2.05) is 17.9 Å². The molecular weight excluding hydrogens is 174 g/mol. The van der Waals surface area contributed by atoms with Crippen LogP contribution in [0.4, 0.5) is 0 Å². The van der Waals surface area contributed by atoms with E-state index < -0.39 is 0 Å². The molecule has 0 aromatic carbocycles. The summed E-state index contributed by atoms with van der Waals surface area (Å²) in [6.07, 6.45) is 4.24. The van der Waals surface area contributed by atoms with E-state index in [0.717, 1.165) is 25.4 Å². The average molecular weight is 195 g/mol. The highest BCUT2D eigenvalue weighted by atomic mass is 15.2. The second kappa shape index (κ2) is 5.81. The van der Waals surface area contributed by atoms with Crippen LogP contribution in [0.1, 0.15) is 26.0 Å². The van der Waals surface area contributed by atoms with Crippen molar-refractivity contribution >= 4 is 0 Å². The fourth-order valence-corrected chi connectivity index (χ4v) is 1.38. The van der Waals surface area contributed by atoms with Crippen LogP contribution in [0.5, 0.6) is 0 Å². The molecule has 0 unspecified atom stereocenters. The summed E-state index contributed by atoms with van der Waals surface area (Å²) < 4.78 is 1.86. The highest BCUT2D eigenvalue weighted by Gasteiger charge is 1.97. The lowest BCUT2D eigenvalue weighted by Gasteiger charge is -2.05. The van der Waals surface area contributed by atoms with Gasteiger partial charge in [0.15, 0.2) is 0 Å². The first-order valence-corrected chi connectivity index (χ1v) is 5.37. The summed E-state index contributed by atoms with van der Waals surface area (Å²) in [5.74, 6) is 0.741. The van der Waals surface area contributed by atoms with Crippen molar-refractivity contribution in [1.29, 1.82) is 0 Å². The lowest BCUT2D eigenvalue weighted by molar-refractivity contribution is 0.541. The first-order valence-electron chi connectivity index (χ1n) is 5.37. The molecule has 0 spiro atoms. The fraction of sp³-hybridized carbons (Fsp3) is 0.727. The molecule has 1 N–H and O–H groups in total. The molecule has 14 heavy (non-hydrogen) atoms. The van der Waals surface area contributed by atoms with Crippen molar-refractivity contribution in [2.24, 2.45) is 13.0 Å². The largest absolute Gasteiger partial charge is 0.316 e. The highest BCUT2D eigenvalue weighted by molar-refractivity contribution is 4.98. The van der Waals surface area contributed by atoms with Gasteiger partial charge in [0.1, 0.15) is 0 Å². The Balaban J connectivity index is 2.04. The van der Waals surface area contributed by atoms with E-state index >= 15 is 0 Å². The van der Waals surface area contributed by atoms with Crippen molar-refractivity contribution in [3.8, 4) is 0 Å². The normalized spacial score (nSPS) is 11.1. The monoisotopic (exact) mass is 195 g/mol. The molecule has 3 heteroatoms. The van der Waals surface area contributed by atoms with E-state index in [1.165, 1.54) is 12.1 Å². The molecule has 0 amide bonds. The van der Waals surface area contributed by atoms with Gasteiger partial charge in [-0.3, -0.25) is 4.68 Å². The number of rotatable bonds is 6. The van der Waals surface area contributed by atoms with E-state index in [2.05, 4.69) is 30.3 Å². The molecule has 1 aromatic heterocycles. The Hall–Kier alpha value is -0.830. The second-order valence-corrected chi connectivity index (χ2v) is 4.18. The van der Waals surface area contributed by atoms with Crippen molar-refractivity contribution in [1.82, 2.24) is 15.1 Å². The van der Waals surface area contributed by atoms with Gasteiger partial charge >= 0.3 is 0 Å². The summed E-state index contributed by atoms with van der Waals surface area (Å²) in [6, 6.07) is 2.09. The van der Waals surface area contributed by atoms with Gasteiger partial charge in [0.2, 0.25) is 0 Å². The average Bonchev–Trinajstić information content (AvgIpc) is 2.50. The van der Waals surface area contributed by atoms with Crippen molar-refractivity contribution in [3.05, 3.63) is 18.0 Å². The lowest BCUT2D eigenvalue weighted by Crippen LogP contribution is -2.21. The van der Waals surface area contributed by atoms with Gasteiger partial charge in [0, 0.05) is 13.2 Å². The Morgan fingerprint density at radius 1 is 1.50 bits per heavy atom. The van der Waals surface area contributed by atoms with Crippen molar-refractivity contribution in [2.45, 2.75) is 26.7 Å². The van der Waals surface area contributed by atoms with Crippen LogP contribution in [0.3, 0.4) is 0 Å². The van der Waals surface area contributed by atoms with Crippen LogP contribution >= 0.6 is 0 Å². The number of hydrogen-bond acceptors (Lipinski definition) is 2. The zero-order valence-corrected chi connectivity index (χ0v) is 9.45. The molecule has 0 aliphatic rings. The molecule has 1 rings (SSSR count). The Kier molecular flexibility index (Phi) is 4.66. The SMILES string of the molecule is CC(C)CNCCCc1ccn(C)n1. The first-order chi connectivity index (χ1) is 6.68. The topological polar surface area (TPSA) is 29.9 Å². The maximum atomic E-state index is 4.33. The predicted octanol–water partition coefficient (Wildman–Crippen LogP) is 1.60. The van der Waals surface area contributed by atoms with Gasteiger partial charge in [-0.25, -0.2) is 0 Å². The minimum atomic E-state index is 0.741. The molecule has 0 saturated carbocycles. The Morgan fingerprint density at radius 3 is 2.86 bits per heavy atom. The van der Waals surface area contributed by atoms with E-state index in [9.17, 15) is 0 Å². The highest BCUT2D eigenvalue weighted by Crippen LogP contribution is 1.98. The molecule has 0 bridgehead atoms. The smallest absolute Gasteiger partial charge is 0.0624 e. The molecule has 0 radical (unpaired) electrons. The number of nitrogens with zero attached hydrogens (tertiary/aromatic N) is 2. The van der Waals surface area contributed by atoms with Crippen molar-refractivity contribution in [2.75, 3.05) is 13.1 Å². The molecule has 3 nitrogen and oxygen atoms in total. The summed E-state index contributed by atoms with van der Waals surface area (Å²) in [4.78, 5) is 0. The lowest BCUT2D eigenvalue weighted by atomic mass is 10.2. The number of nitrogens with one attached hydrogen (secondary N) is 1. The fourth-order valence-electron chi connectivity index (χ4n) is 1.38. The third-order valence-electron chi connectivity index (χ3n) is 2.11. The minimum Gasteiger partial charge on any atom is -0.316 e. The summed E-state index contributed by atoms with van der Waals surface area (Å²) >= 11 is 0. The molecule has 0 aliphatic carbocycles. The van der Waals surface area contributed by atoms with Crippen LogP contribution in [-0.4, -0.2) is 22.9 Å². The molecule has 0 aliphatic heterocycles. The van der Waals surface area contributed by atoms with E-state index in [1.54, 1.807) is 0 Å². The number of aromatic nitrogens is 2. The van der Waals surface area contributed by atoms with Crippen LogP contribution in [0, 0.1) is 5.92 Å².